The van der Waals surface area contributed by atoms with E-state index in [-0.39, 0.29) is 11.9 Å². The lowest BCUT2D eigenvalue weighted by atomic mass is 9.97. The van der Waals surface area contributed by atoms with Gasteiger partial charge >= 0.3 is 11.9 Å². The van der Waals surface area contributed by atoms with Crippen LogP contribution < -0.4 is 0 Å². The Bertz CT molecular complexity index is 370. The lowest BCUT2D eigenvalue weighted by Gasteiger charge is -2.22. The third kappa shape index (κ3) is 1.81. The van der Waals surface area contributed by atoms with Crippen LogP contribution in [0.15, 0.2) is 30.3 Å². The van der Waals surface area contributed by atoms with Crippen molar-refractivity contribution in [2.45, 2.75) is 18.3 Å². The molecule has 2 rings (SSSR count). The first-order valence-corrected chi connectivity index (χ1v) is 5.09. The van der Waals surface area contributed by atoms with Gasteiger partial charge in [0.15, 0.2) is 0 Å². The summed E-state index contributed by atoms with van der Waals surface area (Å²) in [6.07, 6.45) is 0.378. The first kappa shape index (κ1) is 11.1. The zero-order chi connectivity index (χ0) is 11.6. The Balaban J connectivity index is 2.23. The lowest BCUT2D eigenvalue weighted by molar-refractivity contribution is -0.329. The number of esters is 1. The minimum atomic E-state index is -1.22. The van der Waals surface area contributed by atoms with Gasteiger partial charge in [0, 0.05) is 14.2 Å². The molecule has 86 valence electrons. The standard InChI is InChI=1S/C12H14O4/c1-14-12(15-2)8-10(11(13)16-12)9-6-4-3-5-7-9/h3-7,10H,8H2,1-2H3. The predicted octanol–water partition coefficient (Wildman–Crippen LogP) is 1.66. The molecular weight excluding hydrogens is 208 g/mol. The minimum Gasteiger partial charge on any atom is -0.407 e. The van der Waals surface area contributed by atoms with Crippen molar-refractivity contribution in [1.82, 2.24) is 0 Å². The molecule has 1 fully saturated rings. The van der Waals surface area contributed by atoms with Gasteiger partial charge < -0.3 is 14.2 Å². The van der Waals surface area contributed by atoms with Gasteiger partial charge in [0.25, 0.3) is 0 Å². The summed E-state index contributed by atoms with van der Waals surface area (Å²) >= 11 is 0. The summed E-state index contributed by atoms with van der Waals surface area (Å²) in [5.74, 6) is -1.85. The molecule has 16 heavy (non-hydrogen) atoms. The fourth-order valence-corrected chi connectivity index (χ4v) is 1.87. The number of cyclic esters (lactones) is 1. The lowest BCUT2D eigenvalue weighted by Crippen LogP contribution is -2.32. The van der Waals surface area contributed by atoms with Gasteiger partial charge in [-0.1, -0.05) is 30.3 Å². The van der Waals surface area contributed by atoms with Gasteiger partial charge in [-0.15, -0.1) is 0 Å². The zero-order valence-electron chi connectivity index (χ0n) is 9.30. The topological polar surface area (TPSA) is 44.8 Å². The SMILES string of the molecule is COC1(OC)CC(c2ccccc2)C(=O)O1. The Labute approximate surface area is 94.1 Å². The quantitative estimate of drug-likeness (QED) is 0.576. The highest BCUT2D eigenvalue weighted by atomic mass is 16.9. The predicted molar refractivity (Wildman–Crippen MR) is 56.6 cm³/mol. The second kappa shape index (κ2) is 4.23. The molecule has 1 aliphatic rings. The molecule has 1 saturated heterocycles. The molecule has 1 unspecified atom stereocenters. The minimum absolute atomic E-state index is 0.310. The van der Waals surface area contributed by atoms with E-state index < -0.39 is 5.97 Å². The largest absolute Gasteiger partial charge is 0.407 e. The van der Waals surface area contributed by atoms with E-state index in [0.29, 0.717) is 6.42 Å². The van der Waals surface area contributed by atoms with E-state index in [2.05, 4.69) is 0 Å². The number of ether oxygens (including phenoxy) is 3. The Morgan fingerprint density at radius 1 is 1.25 bits per heavy atom. The first-order valence-electron chi connectivity index (χ1n) is 5.09. The Kier molecular flexibility index (Phi) is 2.94. The maximum absolute atomic E-state index is 11.7. The second-order valence-corrected chi connectivity index (χ2v) is 3.68. The molecule has 0 spiro atoms. The Hall–Kier alpha value is -1.39. The van der Waals surface area contributed by atoms with Gasteiger partial charge in [-0.2, -0.15) is 0 Å². The zero-order valence-corrected chi connectivity index (χ0v) is 9.30. The van der Waals surface area contributed by atoms with Crippen LogP contribution in [0.25, 0.3) is 0 Å². The molecule has 0 amide bonds. The summed E-state index contributed by atoms with van der Waals surface area (Å²) in [6, 6.07) is 9.48. The average Bonchev–Trinajstić information content (AvgIpc) is 2.69. The first-order chi connectivity index (χ1) is 7.71. The van der Waals surface area contributed by atoms with Gasteiger partial charge in [-0.3, -0.25) is 4.79 Å². The molecule has 0 aromatic heterocycles. The highest BCUT2D eigenvalue weighted by molar-refractivity contribution is 5.80. The third-order valence-corrected chi connectivity index (χ3v) is 2.82. The molecule has 1 atom stereocenters. The van der Waals surface area contributed by atoms with Crippen molar-refractivity contribution in [3.63, 3.8) is 0 Å². The second-order valence-electron chi connectivity index (χ2n) is 3.68. The summed E-state index contributed by atoms with van der Waals surface area (Å²) in [5.41, 5.74) is 0.920. The van der Waals surface area contributed by atoms with Crippen LogP contribution in [0.5, 0.6) is 0 Å². The molecule has 1 aromatic rings. The molecule has 0 bridgehead atoms. The molecule has 0 radical (unpaired) electrons. The van der Waals surface area contributed by atoms with Crippen LogP contribution in [-0.2, 0) is 19.0 Å². The number of methoxy groups -OCH3 is 2. The average molecular weight is 222 g/mol. The van der Waals surface area contributed by atoms with Crippen molar-refractivity contribution in [2.24, 2.45) is 0 Å². The van der Waals surface area contributed by atoms with E-state index in [0.717, 1.165) is 5.56 Å². The maximum Gasteiger partial charge on any atom is 0.329 e. The number of carbonyl (C=O) groups excluding carboxylic acids is 1. The van der Waals surface area contributed by atoms with Gasteiger partial charge in [-0.25, -0.2) is 0 Å². The van der Waals surface area contributed by atoms with Gasteiger partial charge in [0.05, 0.1) is 12.3 Å². The van der Waals surface area contributed by atoms with E-state index in [4.69, 9.17) is 14.2 Å². The van der Waals surface area contributed by atoms with Crippen LogP contribution in [0.1, 0.15) is 17.9 Å². The van der Waals surface area contributed by atoms with Crippen LogP contribution in [0.4, 0.5) is 0 Å². The number of carbonyl (C=O) groups is 1. The van der Waals surface area contributed by atoms with Crippen LogP contribution >= 0.6 is 0 Å². The van der Waals surface area contributed by atoms with Crippen molar-refractivity contribution in [1.29, 1.82) is 0 Å². The van der Waals surface area contributed by atoms with E-state index in [9.17, 15) is 4.79 Å². The van der Waals surface area contributed by atoms with E-state index in [1.807, 2.05) is 30.3 Å². The number of rotatable bonds is 3. The normalized spacial score (nSPS) is 23.1. The van der Waals surface area contributed by atoms with Crippen molar-refractivity contribution < 1.29 is 19.0 Å². The summed E-state index contributed by atoms with van der Waals surface area (Å²) in [7, 11) is 2.92. The summed E-state index contributed by atoms with van der Waals surface area (Å²) in [5, 5.41) is 0. The fourth-order valence-electron chi connectivity index (χ4n) is 1.87. The van der Waals surface area contributed by atoms with Crippen molar-refractivity contribution in [2.75, 3.05) is 14.2 Å². The van der Waals surface area contributed by atoms with Crippen LogP contribution in [0, 0.1) is 0 Å². The summed E-state index contributed by atoms with van der Waals surface area (Å²) in [6.45, 7) is 0. The monoisotopic (exact) mass is 222 g/mol. The molecular formula is C12H14O4. The summed E-state index contributed by atoms with van der Waals surface area (Å²) < 4.78 is 15.3. The Morgan fingerprint density at radius 2 is 1.88 bits per heavy atom. The smallest absolute Gasteiger partial charge is 0.329 e. The van der Waals surface area contributed by atoms with E-state index >= 15 is 0 Å². The molecule has 0 aliphatic carbocycles. The summed E-state index contributed by atoms with van der Waals surface area (Å²) in [4.78, 5) is 11.7. The van der Waals surface area contributed by atoms with Gasteiger partial charge in [0.1, 0.15) is 0 Å². The Morgan fingerprint density at radius 3 is 2.38 bits per heavy atom. The van der Waals surface area contributed by atoms with Gasteiger partial charge in [-0.05, 0) is 5.56 Å². The van der Waals surface area contributed by atoms with Crippen LogP contribution in [-0.4, -0.2) is 26.2 Å². The number of hydrogen-bond donors (Lipinski definition) is 0. The van der Waals surface area contributed by atoms with Gasteiger partial charge in [0.2, 0.25) is 0 Å². The van der Waals surface area contributed by atoms with E-state index in [1.165, 1.54) is 14.2 Å². The highest BCUT2D eigenvalue weighted by Gasteiger charge is 2.48. The molecule has 4 heteroatoms. The van der Waals surface area contributed by atoms with Crippen molar-refractivity contribution in [3.8, 4) is 0 Å². The van der Waals surface area contributed by atoms with E-state index in [1.54, 1.807) is 0 Å². The molecule has 0 N–H and O–H groups in total. The highest BCUT2D eigenvalue weighted by Crippen LogP contribution is 2.38. The van der Waals surface area contributed by atoms with Crippen LogP contribution in [0.2, 0.25) is 0 Å². The molecule has 0 saturated carbocycles. The molecule has 4 nitrogen and oxygen atoms in total. The number of benzene rings is 1. The van der Waals surface area contributed by atoms with Crippen LogP contribution in [0.3, 0.4) is 0 Å². The maximum atomic E-state index is 11.7. The fraction of sp³-hybridized carbons (Fsp3) is 0.417. The molecule has 1 heterocycles. The van der Waals surface area contributed by atoms with Crippen molar-refractivity contribution in [3.05, 3.63) is 35.9 Å². The third-order valence-electron chi connectivity index (χ3n) is 2.82. The number of hydrogen-bond acceptors (Lipinski definition) is 4. The molecule has 1 aromatic carbocycles. The molecule has 1 aliphatic heterocycles. The van der Waals surface area contributed by atoms with Crippen molar-refractivity contribution >= 4 is 5.97 Å².